The number of pyridine rings is 1. The van der Waals surface area contributed by atoms with E-state index in [4.69, 9.17) is 0 Å². The molecule has 6 heteroatoms. The minimum absolute atomic E-state index is 0.0201. The summed E-state index contributed by atoms with van der Waals surface area (Å²) in [6.45, 7) is 10.1. The monoisotopic (exact) mass is 474 g/mol. The highest BCUT2D eigenvalue weighted by atomic mass is 16.2. The lowest BCUT2D eigenvalue weighted by Gasteiger charge is -2.34. The molecule has 186 valence electrons. The van der Waals surface area contributed by atoms with Gasteiger partial charge >= 0.3 is 0 Å². The van der Waals surface area contributed by atoms with Crippen LogP contribution in [0.2, 0.25) is 0 Å². The van der Waals surface area contributed by atoms with E-state index in [1.165, 1.54) is 12.0 Å². The molecule has 1 aromatic heterocycles. The Labute approximate surface area is 209 Å². The summed E-state index contributed by atoms with van der Waals surface area (Å²) in [4.78, 5) is 35.5. The third-order valence-electron chi connectivity index (χ3n) is 8.67. The summed E-state index contributed by atoms with van der Waals surface area (Å²) in [5.74, 6) is 1.92. The predicted molar refractivity (Wildman–Crippen MR) is 139 cm³/mol. The molecule has 0 spiro atoms. The van der Waals surface area contributed by atoms with Gasteiger partial charge in [0.25, 0.3) is 5.91 Å². The molecule has 6 nitrogen and oxygen atoms in total. The molecule has 2 aliphatic heterocycles. The smallest absolute Gasteiger partial charge is 0.251 e. The van der Waals surface area contributed by atoms with Crippen LogP contribution in [0, 0.1) is 38.0 Å². The Morgan fingerprint density at radius 1 is 1.09 bits per heavy atom. The molecule has 3 heterocycles. The average Bonchev–Trinajstić information content (AvgIpc) is 3.40. The van der Waals surface area contributed by atoms with Gasteiger partial charge in [-0.25, -0.2) is 4.98 Å². The van der Waals surface area contributed by atoms with E-state index in [2.05, 4.69) is 39.2 Å². The summed E-state index contributed by atoms with van der Waals surface area (Å²) in [7, 11) is 0. The van der Waals surface area contributed by atoms with Gasteiger partial charge in [0.15, 0.2) is 0 Å². The summed E-state index contributed by atoms with van der Waals surface area (Å²) in [5.41, 5.74) is 4.06. The number of benzene rings is 1. The lowest BCUT2D eigenvalue weighted by molar-refractivity contribution is -0.135. The number of carbonyl (C=O) groups excluding carboxylic acids is 2. The first-order chi connectivity index (χ1) is 16.9. The third kappa shape index (κ3) is 4.67. The molecule has 35 heavy (non-hydrogen) atoms. The van der Waals surface area contributed by atoms with E-state index in [9.17, 15) is 9.59 Å². The van der Waals surface area contributed by atoms with Crippen LogP contribution < -0.4 is 10.2 Å². The van der Waals surface area contributed by atoms with Crippen molar-refractivity contribution >= 4 is 17.6 Å². The van der Waals surface area contributed by atoms with Gasteiger partial charge in [-0.05, 0) is 75.6 Å². The minimum atomic E-state index is 0.0201. The number of aryl methyl sites for hydroxylation is 3. The lowest BCUT2D eigenvalue weighted by Crippen LogP contribution is -2.44. The molecule has 2 aromatic rings. The van der Waals surface area contributed by atoms with E-state index in [0.717, 1.165) is 74.4 Å². The van der Waals surface area contributed by atoms with Gasteiger partial charge in [0.1, 0.15) is 5.82 Å². The van der Waals surface area contributed by atoms with Crippen LogP contribution >= 0.6 is 0 Å². The number of aromatic nitrogens is 1. The van der Waals surface area contributed by atoms with Crippen LogP contribution in [0.1, 0.15) is 59.2 Å². The summed E-state index contributed by atoms with van der Waals surface area (Å²) < 4.78 is 0. The molecule has 1 saturated carbocycles. The van der Waals surface area contributed by atoms with Gasteiger partial charge in [-0.1, -0.05) is 30.2 Å². The molecule has 0 unspecified atom stereocenters. The number of piperidine rings is 1. The fraction of sp³-hybridized carbons (Fsp3) is 0.552. The van der Waals surface area contributed by atoms with Gasteiger partial charge in [-0.15, -0.1) is 0 Å². The van der Waals surface area contributed by atoms with E-state index in [0.29, 0.717) is 18.4 Å². The van der Waals surface area contributed by atoms with E-state index < -0.39 is 0 Å². The molecular weight excluding hydrogens is 436 g/mol. The Hall–Kier alpha value is -2.89. The number of carbonyl (C=O) groups is 2. The number of hydrogen-bond donors (Lipinski definition) is 1. The number of likely N-dealkylation sites (tertiary alicyclic amines) is 1. The van der Waals surface area contributed by atoms with Crippen LogP contribution in [-0.2, 0) is 4.79 Å². The number of amides is 2. The Morgan fingerprint density at radius 2 is 1.83 bits per heavy atom. The highest BCUT2D eigenvalue weighted by Gasteiger charge is 2.51. The van der Waals surface area contributed by atoms with E-state index >= 15 is 0 Å². The van der Waals surface area contributed by atoms with E-state index in [1.54, 1.807) is 0 Å². The SMILES string of the molecule is Cc1cc(C)c(C(=O)NC[C@@]23CCC[C@H]2CN(C(=O)C2CCN(c4ccccn4)CC2)C3)c(C)c1. The fourth-order valence-corrected chi connectivity index (χ4v) is 6.91. The molecule has 0 radical (unpaired) electrons. The fourth-order valence-electron chi connectivity index (χ4n) is 6.91. The van der Waals surface area contributed by atoms with Crippen molar-refractivity contribution in [1.29, 1.82) is 0 Å². The molecule has 3 aliphatic rings. The number of nitrogens with zero attached hydrogens (tertiary/aromatic N) is 3. The van der Waals surface area contributed by atoms with Gasteiger partial charge in [0.05, 0.1) is 0 Å². The Balaban J connectivity index is 1.20. The van der Waals surface area contributed by atoms with Gasteiger partial charge < -0.3 is 15.1 Å². The molecule has 3 fully saturated rings. The quantitative estimate of drug-likeness (QED) is 0.702. The van der Waals surface area contributed by atoms with Crippen molar-refractivity contribution in [2.24, 2.45) is 17.3 Å². The molecule has 2 atom stereocenters. The molecule has 2 amide bonds. The first kappa shape index (κ1) is 23.8. The second-order valence-corrected chi connectivity index (χ2v) is 11.1. The zero-order valence-electron chi connectivity index (χ0n) is 21.3. The summed E-state index contributed by atoms with van der Waals surface area (Å²) in [6.07, 6.45) is 7.02. The van der Waals surface area contributed by atoms with E-state index in [-0.39, 0.29) is 17.2 Å². The van der Waals surface area contributed by atoms with Crippen molar-refractivity contribution in [2.75, 3.05) is 37.6 Å². The summed E-state index contributed by atoms with van der Waals surface area (Å²) in [5, 5.41) is 3.28. The zero-order chi connectivity index (χ0) is 24.6. The van der Waals surface area contributed by atoms with Gasteiger partial charge in [0, 0.05) is 55.8 Å². The molecule has 2 saturated heterocycles. The topological polar surface area (TPSA) is 65.5 Å². The summed E-state index contributed by atoms with van der Waals surface area (Å²) in [6, 6.07) is 10.1. The van der Waals surface area contributed by atoms with Crippen LogP contribution in [0.25, 0.3) is 0 Å². The van der Waals surface area contributed by atoms with Crippen LogP contribution in [0.4, 0.5) is 5.82 Å². The maximum Gasteiger partial charge on any atom is 0.251 e. The van der Waals surface area contributed by atoms with Crippen molar-refractivity contribution in [3.63, 3.8) is 0 Å². The lowest BCUT2D eigenvalue weighted by atomic mass is 9.80. The van der Waals surface area contributed by atoms with Crippen LogP contribution in [0.15, 0.2) is 36.5 Å². The largest absolute Gasteiger partial charge is 0.357 e. The molecule has 1 N–H and O–H groups in total. The van der Waals surface area contributed by atoms with Gasteiger partial charge in [-0.2, -0.15) is 0 Å². The summed E-state index contributed by atoms with van der Waals surface area (Å²) >= 11 is 0. The minimum Gasteiger partial charge on any atom is -0.357 e. The number of hydrogen-bond acceptors (Lipinski definition) is 4. The molecule has 5 rings (SSSR count). The Morgan fingerprint density at radius 3 is 2.51 bits per heavy atom. The van der Waals surface area contributed by atoms with Crippen molar-refractivity contribution in [3.8, 4) is 0 Å². The molecular formula is C29H38N4O2. The standard InChI is InChI=1S/C29H38N4O2/c1-20-15-21(2)26(22(3)16-20)27(34)31-18-29-11-6-7-24(29)17-33(19-29)28(35)23-9-13-32(14-10-23)25-8-4-5-12-30-25/h4-5,8,12,15-16,23-24H,6-7,9-11,13-14,17-19H2,1-3H3,(H,31,34)/t24-,29+/m0/s1. The van der Waals surface area contributed by atoms with Gasteiger partial charge in [0.2, 0.25) is 5.91 Å². The van der Waals surface area contributed by atoms with E-state index in [1.807, 2.05) is 38.2 Å². The van der Waals surface area contributed by atoms with Crippen molar-refractivity contribution in [2.45, 2.75) is 52.9 Å². The number of nitrogens with one attached hydrogen (secondary N) is 1. The Kier molecular flexibility index (Phi) is 6.56. The second kappa shape index (κ2) is 9.63. The van der Waals surface area contributed by atoms with Crippen molar-refractivity contribution in [1.82, 2.24) is 15.2 Å². The van der Waals surface area contributed by atoms with Crippen molar-refractivity contribution in [3.05, 3.63) is 58.8 Å². The predicted octanol–water partition coefficient (Wildman–Crippen LogP) is 4.28. The maximum atomic E-state index is 13.5. The van der Waals surface area contributed by atoms with Crippen LogP contribution in [-0.4, -0.2) is 54.4 Å². The molecule has 1 aliphatic carbocycles. The number of rotatable bonds is 5. The van der Waals surface area contributed by atoms with Gasteiger partial charge in [-0.3, -0.25) is 9.59 Å². The van der Waals surface area contributed by atoms with Crippen LogP contribution in [0.3, 0.4) is 0 Å². The highest BCUT2D eigenvalue weighted by molar-refractivity contribution is 5.97. The number of fused-ring (bicyclic) bond motifs is 1. The second-order valence-electron chi connectivity index (χ2n) is 11.1. The maximum absolute atomic E-state index is 13.5. The first-order valence-corrected chi connectivity index (χ1v) is 13.2. The number of anilines is 1. The van der Waals surface area contributed by atoms with Crippen LogP contribution in [0.5, 0.6) is 0 Å². The zero-order valence-corrected chi connectivity index (χ0v) is 21.3. The highest BCUT2D eigenvalue weighted by Crippen LogP contribution is 2.48. The average molecular weight is 475 g/mol. The first-order valence-electron chi connectivity index (χ1n) is 13.2. The third-order valence-corrected chi connectivity index (χ3v) is 8.67. The normalized spacial score (nSPS) is 24.5. The molecule has 1 aromatic carbocycles. The van der Waals surface area contributed by atoms with Crippen molar-refractivity contribution < 1.29 is 9.59 Å². The molecule has 0 bridgehead atoms. The Bertz CT molecular complexity index is 1070.